The number of amides is 1. The van der Waals surface area contributed by atoms with Gasteiger partial charge in [0.25, 0.3) is 0 Å². The molecule has 0 saturated heterocycles. The highest BCUT2D eigenvalue weighted by atomic mass is 32.1. The fraction of sp³-hybridized carbons (Fsp3) is 0.350. The molecule has 1 atom stereocenters. The molecular weight excluding hydrogens is 364 g/mol. The van der Waals surface area contributed by atoms with Crippen LogP contribution in [0.3, 0.4) is 0 Å². The second kappa shape index (κ2) is 9.99. The molecule has 1 heterocycles. The first-order valence-corrected chi connectivity index (χ1v) is 9.58. The van der Waals surface area contributed by atoms with Crippen LogP contribution in [0.2, 0.25) is 0 Å². The van der Waals surface area contributed by atoms with Crippen molar-refractivity contribution in [3.05, 3.63) is 53.6 Å². The molecule has 0 aliphatic carbocycles. The summed E-state index contributed by atoms with van der Waals surface area (Å²) in [6, 6.07) is 7.74. The summed E-state index contributed by atoms with van der Waals surface area (Å²) < 4.78 is 10.5. The Bertz CT molecular complexity index is 803. The van der Waals surface area contributed by atoms with E-state index in [4.69, 9.17) is 9.47 Å². The highest BCUT2D eigenvalue weighted by Crippen LogP contribution is 2.31. The van der Waals surface area contributed by atoms with E-state index in [2.05, 4.69) is 11.6 Å². The van der Waals surface area contributed by atoms with E-state index < -0.39 is 12.1 Å². The van der Waals surface area contributed by atoms with Crippen molar-refractivity contribution in [3.8, 4) is 0 Å². The van der Waals surface area contributed by atoms with Crippen molar-refractivity contribution in [1.29, 1.82) is 0 Å². The lowest BCUT2D eigenvalue weighted by molar-refractivity contribution is -0.156. The fourth-order valence-corrected chi connectivity index (χ4v) is 3.31. The van der Waals surface area contributed by atoms with E-state index >= 15 is 0 Å². The highest BCUT2D eigenvalue weighted by Gasteiger charge is 2.21. The lowest BCUT2D eigenvalue weighted by atomic mass is 10.1. The van der Waals surface area contributed by atoms with Gasteiger partial charge in [-0.2, -0.15) is 0 Å². The Morgan fingerprint density at radius 3 is 2.78 bits per heavy atom. The SMILES string of the molecule is C=CCOC(C)C(=O)OCc1csc(N(C(C)=O)c2ccccc2CC)n1. The first-order chi connectivity index (χ1) is 13.0. The van der Waals surface area contributed by atoms with Gasteiger partial charge in [-0.15, -0.1) is 17.9 Å². The Labute approximate surface area is 163 Å². The first-order valence-electron chi connectivity index (χ1n) is 8.70. The van der Waals surface area contributed by atoms with Gasteiger partial charge in [0.1, 0.15) is 6.61 Å². The van der Waals surface area contributed by atoms with Gasteiger partial charge in [-0.25, -0.2) is 9.78 Å². The number of thiazole rings is 1. The standard InChI is InChI=1S/C20H24N2O4S/c1-5-11-25-14(3)19(24)26-12-17-13-27-20(21-17)22(15(4)23)18-10-8-7-9-16(18)6-2/h5,7-10,13-14H,1,6,11-12H2,2-4H3. The van der Waals surface area contributed by atoms with Crippen molar-refractivity contribution in [3.63, 3.8) is 0 Å². The maximum Gasteiger partial charge on any atom is 0.335 e. The molecule has 1 amide bonds. The number of nitrogens with zero attached hydrogens (tertiary/aromatic N) is 2. The van der Waals surface area contributed by atoms with Gasteiger partial charge in [-0.3, -0.25) is 9.69 Å². The summed E-state index contributed by atoms with van der Waals surface area (Å²) in [4.78, 5) is 30.2. The van der Waals surface area contributed by atoms with Crippen LogP contribution in [-0.4, -0.2) is 29.6 Å². The zero-order valence-electron chi connectivity index (χ0n) is 15.8. The minimum Gasteiger partial charge on any atom is -0.457 e. The van der Waals surface area contributed by atoms with Crippen LogP contribution in [0.4, 0.5) is 10.8 Å². The number of anilines is 2. The second-order valence-corrected chi connectivity index (χ2v) is 6.67. The monoisotopic (exact) mass is 388 g/mol. The van der Waals surface area contributed by atoms with Gasteiger partial charge in [0.2, 0.25) is 5.91 Å². The molecule has 1 aromatic heterocycles. The number of para-hydroxylation sites is 1. The Morgan fingerprint density at radius 1 is 1.37 bits per heavy atom. The molecule has 2 aromatic rings. The van der Waals surface area contributed by atoms with Crippen LogP contribution in [0.25, 0.3) is 0 Å². The van der Waals surface area contributed by atoms with Crippen molar-refractivity contribution < 1.29 is 19.1 Å². The molecule has 7 heteroatoms. The first kappa shape index (κ1) is 20.8. The van der Waals surface area contributed by atoms with E-state index in [1.54, 1.807) is 23.3 Å². The van der Waals surface area contributed by atoms with Gasteiger partial charge >= 0.3 is 5.97 Å². The molecule has 0 fully saturated rings. The Kier molecular flexibility index (Phi) is 7.69. The summed E-state index contributed by atoms with van der Waals surface area (Å²) >= 11 is 1.33. The molecule has 6 nitrogen and oxygen atoms in total. The third-order valence-electron chi connectivity index (χ3n) is 3.82. The fourth-order valence-electron chi connectivity index (χ4n) is 2.44. The van der Waals surface area contributed by atoms with Crippen LogP contribution >= 0.6 is 11.3 Å². The number of hydrogen-bond donors (Lipinski definition) is 0. The molecule has 1 unspecified atom stereocenters. The quantitative estimate of drug-likeness (QED) is 0.479. The molecule has 0 bridgehead atoms. The number of esters is 1. The normalized spacial score (nSPS) is 11.7. The number of carbonyl (C=O) groups excluding carboxylic acids is 2. The number of aryl methyl sites for hydroxylation is 1. The topological polar surface area (TPSA) is 68.7 Å². The lowest BCUT2D eigenvalue weighted by Crippen LogP contribution is -2.24. The molecule has 0 aliphatic heterocycles. The summed E-state index contributed by atoms with van der Waals surface area (Å²) in [6.45, 7) is 9.01. The van der Waals surface area contributed by atoms with Crippen LogP contribution < -0.4 is 4.90 Å². The zero-order valence-corrected chi connectivity index (χ0v) is 16.6. The Hall–Kier alpha value is -2.51. The van der Waals surface area contributed by atoms with Gasteiger partial charge in [0.15, 0.2) is 11.2 Å². The molecule has 0 aliphatic rings. The average molecular weight is 388 g/mol. The maximum atomic E-state index is 12.3. The van der Waals surface area contributed by atoms with Gasteiger partial charge in [-0.05, 0) is 25.0 Å². The van der Waals surface area contributed by atoms with E-state index in [0.29, 0.717) is 10.8 Å². The number of hydrogen-bond acceptors (Lipinski definition) is 6. The maximum absolute atomic E-state index is 12.3. The van der Waals surface area contributed by atoms with E-state index in [0.717, 1.165) is 17.7 Å². The minimum atomic E-state index is -0.675. The van der Waals surface area contributed by atoms with Crippen molar-refractivity contribution in [2.24, 2.45) is 0 Å². The van der Waals surface area contributed by atoms with Crippen LogP contribution in [0.1, 0.15) is 32.0 Å². The number of carbonyl (C=O) groups is 2. The molecule has 2 rings (SSSR count). The molecule has 144 valence electrons. The van der Waals surface area contributed by atoms with Crippen molar-refractivity contribution in [2.75, 3.05) is 11.5 Å². The zero-order chi connectivity index (χ0) is 19.8. The van der Waals surface area contributed by atoms with Gasteiger partial charge in [-0.1, -0.05) is 31.2 Å². The summed E-state index contributed by atoms with van der Waals surface area (Å²) in [7, 11) is 0. The van der Waals surface area contributed by atoms with E-state index in [9.17, 15) is 9.59 Å². The van der Waals surface area contributed by atoms with Crippen LogP contribution in [-0.2, 0) is 32.1 Å². The van der Waals surface area contributed by atoms with Gasteiger partial charge in [0.05, 0.1) is 18.0 Å². The summed E-state index contributed by atoms with van der Waals surface area (Å²) in [5, 5.41) is 2.33. The van der Waals surface area contributed by atoms with Crippen LogP contribution in [0.15, 0.2) is 42.3 Å². The molecule has 27 heavy (non-hydrogen) atoms. The highest BCUT2D eigenvalue weighted by molar-refractivity contribution is 7.14. The number of benzene rings is 1. The van der Waals surface area contributed by atoms with Crippen molar-refractivity contribution in [1.82, 2.24) is 4.98 Å². The minimum absolute atomic E-state index is 0.0261. The molecule has 1 aromatic carbocycles. The van der Waals surface area contributed by atoms with E-state index in [1.165, 1.54) is 18.3 Å². The third kappa shape index (κ3) is 5.48. The summed E-state index contributed by atoms with van der Waals surface area (Å²) in [5.41, 5.74) is 2.46. The van der Waals surface area contributed by atoms with Gasteiger partial charge < -0.3 is 9.47 Å². The third-order valence-corrected chi connectivity index (χ3v) is 4.69. The Morgan fingerprint density at radius 2 is 2.11 bits per heavy atom. The number of rotatable bonds is 9. The number of ether oxygens (including phenoxy) is 2. The average Bonchev–Trinajstić information content (AvgIpc) is 3.12. The summed E-state index contributed by atoms with van der Waals surface area (Å²) in [6.07, 6.45) is 1.70. The number of aromatic nitrogens is 1. The second-order valence-electron chi connectivity index (χ2n) is 5.83. The smallest absolute Gasteiger partial charge is 0.335 e. The van der Waals surface area contributed by atoms with Crippen molar-refractivity contribution in [2.45, 2.75) is 39.9 Å². The van der Waals surface area contributed by atoms with E-state index in [-0.39, 0.29) is 19.1 Å². The van der Waals surface area contributed by atoms with E-state index in [1.807, 2.05) is 31.2 Å². The molecule has 0 radical (unpaired) electrons. The lowest BCUT2D eigenvalue weighted by Gasteiger charge is -2.21. The Balaban J connectivity index is 2.11. The van der Waals surface area contributed by atoms with Gasteiger partial charge in [0, 0.05) is 12.3 Å². The molecular formula is C20H24N2O4S. The summed E-state index contributed by atoms with van der Waals surface area (Å²) in [5.74, 6) is -0.591. The largest absolute Gasteiger partial charge is 0.457 e. The molecule has 0 saturated carbocycles. The van der Waals surface area contributed by atoms with Crippen LogP contribution in [0.5, 0.6) is 0 Å². The predicted octanol–water partition coefficient (Wildman–Crippen LogP) is 4.02. The molecule has 0 spiro atoms. The molecule has 0 N–H and O–H groups in total. The predicted molar refractivity (Wildman–Crippen MR) is 106 cm³/mol. The van der Waals surface area contributed by atoms with Crippen molar-refractivity contribution >= 4 is 34.0 Å². The van der Waals surface area contributed by atoms with Crippen LogP contribution in [0, 0.1) is 0 Å².